The SMILES string of the molecule is CN1CCC(NC/C(Cl)=C/Cl)C1. The standard InChI is InChI=1S/C8H14Cl2N2/c1-12-3-2-8(6-12)11-5-7(10)4-9/h4,8,11H,2-3,5-6H2,1H3/b7-4-. The van der Waals surface area contributed by atoms with Crippen LogP contribution >= 0.6 is 23.2 Å². The minimum atomic E-state index is 0.570. The summed E-state index contributed by atoms with van der Waals surface area (Å²) in [6.07, 6.45) is 1.20. The predicted octanol–water partition coefficient (Wildman–Crippen LogP) is 1.60. The summed E-state index contributed by atoms with van der Waals surface area (Å²) in [4.78, 5) is 2.30. The molecule has 1 N–H and O–H groups in total. The van der Waals surface area contributed by atoms with E-state index in [9.17, 15) is 0 Å². The van der Waals surface area contributed by atoms with E-state index in [1.165, 1.54) is 18.5 Å². The van der Waals surface area contributed by atoms with Gasteiger partial charge in [-0.15, -0.1) is 0 Å². The van der Waals surface area contributed by atoms with Crippen LogP contribution in [0.3, 0.4) is 0 Å². The molecule has 1 atom stereocenters. The molecule has 12 heavy (non-hydrogen) atoms. The molecule has 0 amide bonds. The first-order chi connectivity index (χ1) is 5.72. The van der Waals surface area contributed by atoms with Crippen LogP contribution in [-0.2, 0) is 0 Å². The Hall–Kier alpha value is 0.240. The van der Waals surface area contributed by atoms with Gasteiger partial charge in [0.1, 0.15) is 0 Å². The monoisotopic (exact) mass is 208 g/mol. The van der Waals surface area contributed by atoms with E-state index in [4.69, 9.17) is 23.2 Å². The molecule has 70 valence electrons. The molecule has 0 aromatic rings. The van der Waals surface area contributed by atoms with Crippen LogP contribution < -0.4 is 5.32 Å². The average molecular weight is 209 g/mol. The number of nitrogens with one attached hydrogen (secondary N) is 1. The highest BCUT2D eigenvalue weighted by molar-refractivity contribution is 6.36. The van der Waals surface area contributed by atoms with Gasteiger partial charge in [0.2, 0.25) is 0 Å². The molecule has 2 nitrogen and oxygen atoms in total. The maximum atomic E-state index is 5.73. The van der Waals surface area contributed by atoms with Crippen LogP contribution in [0.4, 0.5) is 0 Å². The van der Waals surface area contributed by atoms with E-state index in [1.807, 2.05) is 0 Å². The third-order valence-corrected chi connectivity index (χ3v) is 2.69. The molecule has 1 unspecified atom stereocenters. The summed E-state index contributed by atoms with van der Waals surface area (Å²) in [7, 11) is 2.13. The molecule has 0 aromatic carbocycles. The van der Waals surface area contributed by atoms with Gasteiger partial charge in [-0.2, -0.15) is 0 Å². The zero-order valence-corrected chi connectivity index (χ0v) is 8.70. The van der Waals surface area contributed by atoms with Crippen LogP contribution in [0.25, 0.3) is 0 Å². The molecule has 0 spiro atoms. The van der Waals surface area contributed by atoms with Gasteiger partial charge in [-0.3, -0.25) is 0 Å². The topological polar surface area (TPSA) is 15.3 Å². The van der Waals surface area contributed by atoms with E-state index in [1.54, 1.807) is 0 Å². The van der Waals surface area contributed by atoms with Crippen molar-refractivity contribution in [1.29, 1.82) is 0 Å². The van der Waals surface area contributed by atoms with Crippen LogP contribution in [0.1, 0.15) is 6.42 Å². The molecule has 0 aliphatic carbocycles. The molecule has 0 radical (unpaired) electrons. The minimum Gasteiger partial charge on any atom is -0.308 e. The molecule has 1 heterocycles. The normalized spacial score (nSPS) is 26.6. The van der Waals surface area contributed by atoms with Crippen molar-refractivity contribution in [2.45, 2.75) is 12.5 Å². The van der Waals surface area contributed by atoms with Gasteiger partial charge < -0.3 is 10.2 Å². The average Bonchev–Trinajstić information content (AvgIpc) is 2.47. The third kappa shape index (κ3) is 3.31. The zero-order valence-electron chi connectivity index (χ0n) is 7.19. The summed E-state index contributed by atoms with van der Waals surface area (Å²) >= 11 is 11.2. The van der Waals surface area contributed by atoms with Gasteiger partial charge in [0.15, 0.2) is 0 Å². The minimum absolute atomic E-state index is 0.570. The van der Waals surface area contributed by atoms with E-state index in [-0.39, 0.29) is 0 Å². The molecule has 1 fully saturated rings. The fraction of sp³-hybridized carbons (Fsp3) is 0.750. The Kier molecular flexibility index (Phi) is 4.36. The van der Waals surface area contributed by atoms with Gasteiger partial charge in [0, 0.05) is 29.7 Å². The van der Waals surface area contributed by atoms with Crippen LogP contribution in [0, 0.1) is 0 Å². The summed E-state index contributed by atoms with van der Waals surface area (Å²) in [5, 5.41) is 4.01. The Bertz CT molecular complexity index is 170. The summed E-state index contributed by atoms with van der Waals surface area (Å²) in [5.41, 5.74) is 1.41. The van der Waals surface area contributed by atoms with Crippen molar-refractivity contribution in [3.63, 3.8) is 0 Å². The lowest BCUT2D eigenvalue weighted by atomic mass is 10.2. The van der Waals surface area contributed by atoms with E-state index in [0.717, 1.165) is 6.54 Å². The van der Waals surface area contributed by atoms with Crippen molar-refractivity contribution in [3.05, 3.63) is 10.6 Å². The summed E-state index contributed by atoms with van der Waals surface area (Å²) in [6.45, 7) is 2.95. The molecule has 0 aromatic heterocycles. The van der Waals surface area contributed by atoms with Crippen LogP contribution in [0.5, 0.6) is 0 Å². The molecule has 0 saturated carbocycles. The van der Waals surface area contributed by atoms with Crippen molar-refractivity contribution < 1.29 is 0 Å². The molecule has 1 aliphatic heterocycles. The lowest BCUT2D eigenvalue weighted by Gasteiger charge is -2.11. The van der Waals surface area contributed by atoms with Crippen molar-refractivity contribution in [2.75, 3.05) is 26.7 Å². The van der Waals surface area contributed by atoms with E-state index in [2.05, 4.69) is 17.3 Å². The molecule has 4 heteroatoms. The van der Waals surface area contributed by atoms with Crippen LogP contribution in [0.15, 0.2) is 10.6 Å². The van der Waals surface area contributed by atoms with Gasteiger partial charge in [-0.05, 0) is 20.0 Å². The second-order valence-electron chi connectivity index (χ2n) is 3.18. The molecule has 1 rings (SSSR count). The fourth-order valence-electron chi connectivity index (χ4n) is 1.38. The second-order valence-corrected chi connectivity index (χ2v) is 3.89. The highest BCUT2D eigenvalue weighted by Gasteiger charge is 2.18. The van der Waals surface area contributed by atoms with Crippen molar-refractivity contribution >= 4 is 23.2 Å². The van der Waals surface area contributed by atoms with Gasteiger partial charge >= 0.3 is 0 Å². The number of likely N-dealkylation sites (N-methyl/N-ethyl adjacent to an activating group) is 1. The van der Waals surface area contributed by atoms with Crippen molar-refractivity contribution in [3.8, 4) is 0 Å². The molecule has 1 aliphatic rings. The summed E-state index contributed by atoms with van der Waals surface area (Å²) in [6, 6.07) is 0.570. The number of hydrogen-bond donors (Lipinski definition) is 1. The molecular formula is C8H14Cl2N2. The molecule has 0 bridgehead atoms. The van der Waals surface area contributed by atoms with Gasteiger partial charge in [0.25, 0.3) is 0 Å². The lowest BCUT2D eigenvalue weighted by Crippen LogP contribution is -2.32. The van der Waals surface area contributed by atoms with Crippen molar-refractivity contribution in [2.24, 2.45) is 0 Å². The molecular weight excluding hydrogens is 195 g/mol. The first-order valence-electron chi connectivity index (χ1n) is 4.09. The first-order valence-corrected chi connectivity index (χ1v) is 4.90. The Balaban J connectivity index is 2.16. The van der Waals surface area contributed by atoms with Crippen molar-refractivity contribution in [1.82, 2.24) is 10.2 Å². The fourth-order valence-corrected chi connectivity index (χ4v) is 1.54. The van der Waals surface area contributed by atoms with Gasteiger partial charge in [0.05, 0.1) is 0 Å². The second kappa shape index (κ2) is 5.07. The van der Waals surface area contributed by atoms with E-state index >= 15 is 0 Å². The number of hydrogen-bond acceptors (Lipinski definition) is 2. The Labute approximate surface area is 83.5 Å². The Morgan fingerprint density at radius 3 is 3.00 bits per heavy atom. The van der Waals surface area contributed by atoms with Gasteiger partial charge in [-0.1, -0.05) is 23.2 Å². The van der Waals surface area contributed by atoms with E-state index < -0.39 is 0 Å². The number of rotatable bonds is 3. The Morgan fingerprint density at radius 2 is 2.50 bits per heavy atom. The summed E-state index contributed by atoms with van der Waals surface area (Å²) in [5.74, 6) is 0. The van der Waals surface area contributed by atoms with E-state index in [0.29, 0.717) is 17.6 Å². The molecule has 1 saturated heterocycles. The first kappa shape index (κ1) is 10.3. The maximum absolute atomic E-state index is 5.73. The van der Waals surface area contributed by atoms with Crippen LogP contribution in [-0.4, -0.2) is 37.6 Å². The highest BCUT2D eigenvalue weighted by Crippen LogP contribution is 2.08. The number of likely N-dealkylation sites (tertiary alicyclic amines) is 1. The number of nitrogens with zero attached hydrogens (tertiary/aromatic N) is 1. The smallest absolute Gasteiger partial charge is 0.0432 e. The lowest BCUT2D eigenvalue weighted by molar-refractivity contribution is 0.401. The Morgan fingerprint density at radius 1 is 1.75 bits per heavy atom. The predicted molar refractivity (Wildman–Crippen MR) is 53.7 cm³/mol. The highest BCUT2D eigenvalue weighted by atomic mass is 35.5. The van der Waals surface area contributed by atoms with Gasteiger partial charge in [-0.25, -0.2) is 0 Å². The largest absolute Gasteiger partial charge is 0.308 e. The summed E-state index contributed by atoms with van der Waals surface area (Å²) < 4.78 is 0. The number of halogens is 2. The maximum Gasteiger partial charge on any atom is 0.0432 e. The third-order valence-electron chi connectivity index (χ3n) is 2.07. The van der Waals surface area contributed by atoms with Crippen LogP contribution in [0.2, 0.25) is 0 Å². The zero-order chi connectivity index (χ0) is 8.97. The quantitative estimate of drug-likeness (QED) is 0.759.